The van der Waals surface area contributed by atoms with Gasteiger partial charge in [0.15, 0.2) is 5.43 Å². The summed E-state index contributed by atoms with van der Waals surface area (Å²) in [6, 6.07) is 24.0. The Morgan fingerprint density at radius 3 is 2.45 bits per heavy atom. The Bertz CT molecular complexity index is 1300. The van der Waals surface area contributed by atoms with Gasteiger partial charge in [0.2, 0.25) is 5.76 Å². The second-order valence-corrected chi connectivity index (χ2v) is 7.96. The van der Waals surface area contributed by atoms with Gasteiger partial charge in [-0.1, -0.05) is 70.5 Å². The molecule has 1 amide bonds. The van der Waals surface area contributed by atoms with Gasteiger partial charge in [0.1, 0.15) is 5.58 Å². The highest BCUT2D eigenvalue weighted by Crippen LogP contribution is 2.39. The number of fused-ring (bicyclic) bond motifs is 2. The van der Waals surface area contributed by atoms with Gasteiger partial charge in [0.05, 0.1) is 17.0 Å². The second-order valence-electron chi connectivity index (χ2n) is 7.05. The highest BCUT2D eigenvalue weighted by atomic mass is 79.9. The molecule has 5 rings (SSSR count). The number of hydrogen-bond acceptors (Lipinski definition) is 3. The number of carbonyl (C=O) groups excluding carboxylic acids is 1. The second kappa shape index (κ2) is 7.01. The van der Waals surface area contributed by atoms with E-state index < -0.39 is 6.04 Å². The summed E-state index contributed by atoms with van der Waals surface area (Å²) >= 11 is 3.50. The molecule has 0 fully saturated rings. The van der Waals surface area contributed by atoms with Gasteiger partial charge in [0, 0.05) is 11.0 Å². The Kier molecular flexibility index (Phi) is 4.32. The van der Waals surface area contributed by atoms with Crippen LogP contribution in [0.3, 0.4) is 0 Å². The Morgan fingerprint density at radius 1 is 0.897 bits per heavy atom. The first kappa shape index (κ1) is 17.9. The molecule has 0 N–H and O–H groups in total. The topological polar surface area (TPSA) is 50.5 Å². The molecular formula is C24H16BrNO3. The van der Waals surface area contributed by atoms with Crippen LogP contribution in [0.1, 0.15) is 33.3 Å². The number of rotatable bonds is 3. The number of hydrogen-bond donors (Lipinski definition) is 0. The number of para-hydroxylation sites is 1. The number of halogens is 1. The third-order valence-corrected chi connectivity index (χ3v) is 5.73. The van der Waals surface area contributed by atoms with Crippen LogP contribution in [-0.4, -0.2) is 10.8 Å². The van der Waals surface area contributed by atoms with Gasteiger partial charge in [-0.2, -0.15) is 0 Å². The third kappa shape index (κ3) is 2.98. The van der Waals surface area contributed by atoms with Crippen LogP contribution in [0.2, 0.25) is 0 Å². The maximum absolute atomic E-state index is 13.4. The Labute approximate surface area is 175 Å². The lowest BCUT2D eigenvalue weighted by Crippen LogP contribution is -2.29. The van der Waals surface area contributed by atoms with Crippen LogP contribution in [0.4, 0.5) is 0 Å². The van der Waals surface area contributed by atoms with Crippen LogP contribution in [0.15, 0.2) is 92.5 Å². The zero-order valence-corrected chi connectivity index (χ0v) is 16.9. The van der Waals surface area contributed by atoms with Gasteiger partial charge in [0.25, 0.3) is 5.91 Å². The number of nitrogens with zero attached hydrogens (tertiary/aromatic N) is 1. The SMILES string of the molecule is O=C1c2oc3ccccc3c(=O)c2[C@@H](c2cccc(Br)c2)N1Cc1ccccc1. The van der Waals surface area contributed by atoms with E-state index in [0.717, 1.165) is 15.6 Å². The molecule has 5 heteroatoms. The number of carbonyl (C=O) groups is 1. The zero-order valence-electron chi connectivity index (χ0n) is 15.3. The number of amides is 1. The summed E-state index contributed by atoms with van der Waals surface area (Å²) in [7, 11) is 0. The summed E-state index contributed by atoms with van der Waals surface area (Å²) in [6.07, 6.45) is 0. The van der Waals surface area contributed by atoms with Crippen molar-refractivity contribution >= 4 is 32.8 Å². The Hall–Kier alpha value is -3.18. The van der Waals surface area contributed by atoms with Gasteiger partial charge < -0.3 is 9.32 Å². The first-order chi connectivity index (χ1) is 14.1. The minimum atomic E-state index is -0.504. The van der Waals surface area contributed by atoms with Crippen LogP contribution < -0.4 is 5.43 Å². The van der Waals surface area contributed by atoms with E-state index >= 15 is 0 Å². The molecule has 142 valence electrons. The summed E-state index contributed by atoms with van der Waals surface area (Å²) in [5, 5.41) is 0.487. The van der Waals surface area contributed by atoms with Crippen LogP contribution in [0, 0.1) is 0 Å². The van der Waals surface area contributed by atoms with Gasteiger partial charge in [-0.3, -0.25) is 9.59 Å². The van der Waals surface area contributed by atoms with Crippen molar-refractivity contribution in [2.24, 2.45) is 0 Å². The van der Waals surface area contributed by atoms with Crippen molar-refractivity contribution in [1.82, 2.24) is 4.90 Å². The molecule has 1 aliphatic heterocycles. The van der Waals surface area contributed by atoms with Crippen molar-refractivity contribution < 1.29 is 9.21 Å². The molecule has 4 nitrogen and oxygen atoms in total. The van der Waals surface area contributed by atoms with Gasteiger partial charge in [-0.05, 0) is 35.4 Å². The largest absolute Gasteiger partial charge is 0.450 e. The molecule has 29 heavy (non-hydrogen) atoms. The predicted molar refractivity (Wildman–Crippen MR) is 115 cm³/mol. The molecular weight excluding hydrogens is 430 g/mol. The molecule has 0 aliphatic carbocycles. The first-order valence-corrected chi connectivity index (χ1v) is 10.1. The average molecular weight is 446 g/mol. The molecule has 0 unspecified atom stereocenters. The summed E-state index contributed by atoms with van der Waals surface area (Å²) in [5.74, 6) is -0.133. The Morgan fingerprint density at radius 2 is 1.66 bits per heavy atom. The molecule has 0 bridgehead atoms. The van der Waals surface area contributed by atoms with E-state index in [1.54, 1.807) is 29.2 Å². The molecule has 0 spiro atoms. The monoisotopic (exact) mass is 445 g/mol. The Balaban J connectivity index is 1.74. The molecule has 2 heterocycles. The first-order valence-electron chi connectivity index (χ1n) is 9.29. The maximum Gasteiger partial charge on any atom is 0.291 e. The minimum Gasteiger partial charge on any atom is -0.450 e. The van der Waals surface area contributed by atoms with E-state index in [1.807, 2.05) is 54.6 Å². The standard InChI is InChI=1S/C24H16BrNO3/c25-17-10-6-9-16(13-17)21-20-22(27)18-11-4-5-12-19(18)29-23(20)24(28)26(21)14-15-7-2-1-3-8-15/h1-13,21H,14H2/t21-/m1/s1. The van der Waals surface area contributed by atoms with E-state index in [1.165, 1.54) is 0 Å². The van der Waals surface area contributed by atoms with Gasteiger partial charge in [-0.15, -0.1) is 0 Å². The number of benzene rings is 3. The highest BCUT2D eigenvalue weighted by molar-refractivity contribution is 9.10. The molecule has 0 saturated heterocycles. The molecule has 3 aromatic carbocycles. The van der Waals surface area contributed by atoms with Crippen LogP contribution in [0.5, 0.6) is 0 Å². The summed E-state index contributed by atoms with van der Waals surface area (Å²) in [4.78, 5) is 28.4. The van der Waals surface area contributed by atoms with Crippen LogP contribution >= 0.6 is 15.9 Å². The van der Waals surface area contributed by atoms with Crippen molar-refractivity contribution in [1.29, 1.82) is 0 Å². The van der Waals surface area contributed by atoms with Crippen molar-refractivity contribution in [3.8, 4) is 0 Å². The highest BCUT2D eigenvalue weighted by Gasteiger charge is 2.42. The predicted octanol–water partition coefficient (Wildman–Crippen LogP) is 5.30. The normalized spacial score (nSPS) is 15.7. The minimum absolute atomic E-state index is 0.134. The lowest BCUT2D eigenvalue weighted by Gasteiger charge is -2.25. The fourth-order valence-corrected chi connectivity index (χ4v) is 4.35. The zero-order chi connectivity index (χ0) is 20.0. The lowest BCUT2D eigenvalue weighted by atomic mass is 9.98. The fraction of sp³-hybridized carbons (Fsp3) is 0.0833. The van der Waals surface area contributed by atoms with Gasteiger partial charge in [-0.25, -0.2) is 0 Å². The van der Waals surface area contributed by atoms with Gasteiger partial charge >= 0.3 is 0 Å². The molecule has 1 aromatic heterocycles. The van der Waals surface area contributed by atoms with E-state index in [0.29, 0.717) is 23.1 Å². The van der Waals surface area contributed by atoms with Crippen LogP contribution in [-0.2, 0) is 6.54 Å². The molecule has 0 radical (unpaired) electrons. The van der Waals surface area contributed by atoms with Crippen molar-refractivity contribution in [3.05, 3.63) is 116 Å². The van der Waals surface area contributed by atoms with Crippen molar-refractivity contribution in [3.63, 3.8) is 0 Å². The van der Waals surface area contributed by atoms with E-state index in [2.05, 4.69) is 15.9 Å². The fourth-order valence-electron chi connectivity index (χ4n) is 3.93. The summed E-state index contributed by atoms with van der Waals surface area (Å²) in [6.45, 7) is 0.386. The summed E-state index contributed by atoms with van der Waals surface area (Å²) < 4.78 is 6.83. The molecule has 1 aliphatic rings. The summed E-state index contributed by atoms with van der Waals surface area (Å²) in [5.41, 5.74) is 2.54. The smallest absolute Gasteiger partial charge is 0.291 e. The quantitative estimate of drug-likeness (QED) is 0.429. The van der Waals surface area contributed by atoms with Crippen LogP contribution in [0.25, 0.3) is 11.0 Å². The molecule has 1 atom stereocenters. The van der Waals surface area contributed by atoms with Crippen molar-refractivity contribution in [2.75, 3.05) is 0 Å². The molecule has 0 saturated carbocycles. The van der Waals surface area contributed by atoms with Crippen molar-refractivity contribution in [2.45, 2.75) is 12.6 Å². The lowest BCUT2D eigenvalue weighted by molar-refractivity contribution is 0.0714. The third-order valence-electron chi connectivity index (χ3n) is 5.23. The maximum atomic E-state index is 13.4. The average Bonchev–Trinajstić information content (AvgIpc) is 3.01. The van der Waals surface area contributed by atoms with E-state index in [-0.39, 0.29) is 17.1 Å². The van der Waals surface area contributed by atoms with E-state index in [9.17, 15) is 9.59 Å². The van der Waals surface area contributed by atoms with E-state index in [4.69, 9.17) is 4.42 Å². The molecule has 4 aromatic rings.